The van der Waals surface area contributed by atoms with E-state index >= 15 is 0 Å². The van der Waals surface area contributed by atoms with Crippen molar-refractivity contribution >= 4 is 34.0 Å². The van der Waals surface area contributed by atoms with Gasteiger partial charge in [0.05, 0.1) is 22.7 Å². The van der Waals surface area contributed by atoms with Gasteiger partial charge in [0.1, 0.15) is 29.5 Å². The number of benzene rings is 1. The number of halogens is 2. The Balaban J connectivity index is 1.51. The Hall–Kier alpha value is -3.66. The van der Waals surface area contributed by atoms with Gasteiger partial charge in [-0.3, -0.25) is 4.98 Å². The van der Waals surface area contributed by atoms with Crippen LogP contribution in [-0.2, 0) is 6.42 Å². The van der Waals surface area contributed by atoms with Gasteiger partial charge in [-0.15, -0.1) is 11.3 Å². The van der Waals surface area contributed by atoms with E-state index in [1.807, 2.05) is 0 Å². The molecule has 0 spiro atoms. The van der Waals surface area contributed by atoms with Gasteiger partial charge < -0.3 is 15.2 Å². The van der Waals surface area contributed by atoms with E-state index in [1.54, 1.807) is 31.2 Å². The first-order chi connectivity index (χ1) is 15.5. The highest BCUT2D eigenvalue weighted by atomic mass is 32.1. The first-order valence-electron chi connectivity index (χ1n) is 9.75. The van der Waals surface area contributed by atoms with E-state index in [4.69, 9.17) is 4.74 Å². The highest BCUT2D eigenvalue weighted by Gasteiger charge is 2.19. The number of hydrogen-bond acceptors (Lipinski definition) is 7. The summed E-state index contributed by atoms with van der Waals surface area (Å²) in [6, 6.07) is 7.66. The van der Waals surface area contributed by atoms with Crippen molar-refractivity contribution in [2.75, 3.05) is 18.5 Å². The van der Waals surface area contributed by atoms with Crippen LogP contribution in [0.3, 0.4) is 0 Å². The van der Waals surface area contributed by atoms with Gasteiger partial charge in [-0.2, -0.15) is 0 Å². The van der Waals surface area contributed by atoms with Gasteiger partial charge in [0, 0.05) is 41.9 Å². The fourth-order valence-electron chi connectivity index (χ4n) is 3.24. The normalized spacial score (nSPS) is 11.0. The van der Waals surface area contributed by atoms with Crippen molar-refractivity contribution in [3.63, 3.8) is 0 Å². The number of thiophene rings is 1. The predicted octanol–water partition coefficient (Wildman–Crippen LogP) is 4.78. The van der Waals surface area contributed by atoms with Crippen molar-refractivity contribution < 1.29 is 23.4 Å². The molecule has 10 heteroatoms. The number of hydrogen-bond donors (Lipinski definition) is 2. The van der Waals surface area contributed by atoms with Gasteiger partial charge in [-0.05, 0) is 25.5 Å². The van der Waals surface area contributed by atoms with Gasteiger partial charge >= 0.3 is 5.97 Å². The molecule has 2 N–H and O–H groups in total. The summed E-state index contributed by atoms with van der Waals surface area (Å²) in [5, 5.41) is 12.7. The van der Waals surface area contributed by atoms with Crippen LogP contribution in [0, 0.1) is 11.6 Å². The lowest BCUT2D eigenvalue weighted by Gasteiger charge is -2.10. The molecule has 0 atom stereocenters. The van der Waals surface area contributed by atoms with E-state index in [0.717, 1.165) is 11.3 Å². The number of nitrogens with one attached hydrogen (secondary N) is 1. The van der Waals surface area contributed by atoms with Crippen LogP contribution >= 0.6 is 11.3 Å². The quantitative estimate of drug-likeness (QED) is 0.394. The molecule has 3 aromatic heterocycles. The summed E-state index contributed by atoms with van der Waals surface area (Å²) in [6.45, 7) is 2.34. The van der Waals surface area contributed by atoms with Crippen LogP contribution in [0.4, 0.5) is 14.6 Å². The molecule has 0 saturated carbocycles. The number of aromatic carboxylic acids is 1. The standard InChI is InChI=1S/C22H18F2N4O3S/c1-2-31-17-10-18(32-21(17)22(29)30)16-9-19(28-11-27-16)26-7-5-12-14(23)8-15-13(20(12)24)4-3-6-25-15/h3-4,6,8-11H,2,5,7H2,1H3,(H,29,30)(H,26,27,28). The van der Waals surface area contributed by atoms with Gasteiger partial charge in [0.15, 0.2) is 4.88 Å². The Bertz CT molecular complexity index is 1300. The molecule has 0 fully saturated rings. The van der Waals surface area contributed by atoms with E-state index < -0.39 is 17.6 Å². The van der Waals surface area contributed by atoms with Gasteiger partial charge in [-0.1, -0.05) is 0 Å². The minimum atomic E-state index is -1.08. The Kier molecular flexibility index (Phi) is 6.22. The third-order valence-corrected chi connectivity index (χ3v) is 5.81. The minimum absolute atomic E-state index is 0.0296. The second kappa shape index (κ2) is 9.23. The SMILES string of the molecule is CCOc1cc(-c2cc(NCCc3c(F)cc4ncccc4c3F)ncn2)sc1C(=O)O. The van der Waals surface area contributed by atoms with Gasteiger partial charge in [-0.25, -0.2) is 23.5 Å². The van der Waals surface area contributed by atoms with E-state index in [1.165, 1.54) is 18.6 Å². The monoisotopic (exact) mass is 456 g/mol. The molecular formula is C22H18F2N4O3S. The fourth-order valence-corrected chi connectivity index (χ4v) is 4.15. The average molecular weight is 456 g/mol. The van der Waals surface area contributed by atoms with Crippen LogP contribution in [-0.4, -0.2) is 39.2 Å². The summed E-state index contributed by atoms with van der Waals surface area (Å²) in [4.78, 5) is 24.4. The number of carbonyl (C=O) groups is 1. The summed E-state index contributed by atoms with van der Waals surface area (Å²) in [7, 11) is 0. The minimum Gasteiger partial charge on any atom is -0.492 e. The molecule has 0 aliphatic carbocycles. The molecule has 0 aliphatic rings. The Morgan fingerprint density at radius 3 is 2.84 bits per heavy atom. The zero-order valence-corrected chi connectivity index (χ0v) is 17.7. The van der Waals surface area contributed by atoms with Crippen molar-refractivity contribution in [2.45, 2.75) is 13.3 Å². The smallest absolute Gasteiger partial charge is 0.349 e. The maximum Gasteiger partial charge on any atom is 0.349 e. The van der Waals surface area contributed by atoms with Crippen molar-refractivity contribution in [3.8, 4) is 16.3 Å². The molecule has 0 radical (unpaired) electrons. The third kappa shape index (κ3) is 4.35. The molecule has 0 amide bonds. The molecule has 164 valence electrons. The summed E-state index contributed by atoms with van der Waals surface area (Å²) in [6.07, 6.45) is 2.92. The third-order valence-electron chi connectivity index (χ3n) is 4.68. The summed E-state index contributed by atoms with van der Waals surface area (Å²) in [5.41, 5.74) is 0.746. The average Bonchev–Trinajstić information content (AvgIpc) is 3.21. The maximum absolute atomic E-state index is 14.7. The molecule has 3 heterocycles. The van der Waals surface area contributed by atoms with Gasteiger partial charge in [0.2, 0.25) is 0 Å². The van der Waals surface area contributed by atoms with Crippen molar-refractivity contribution in [1.29, 1.82) is 0 Å². The number of anilines is 1. The van der Waals surface area contributed by atoms with Crippen LogP contribution in [0.2, 0.25) is 0 Å². The first-order valence-corrected chi connectivity index (χ1v) is 10.6. The predicted molar refractivity (Wildman–Crippen MR) is 117 cm³/mol. The number of ether oxygens (including phenoxy) is 1. The second-order valence-electron chi connectivity index (χ2n) is 6.73. The lowest BCUT2D eigenvalue weighted by Crippen LogP contribution is -2.09. The maximum atomic E-state index is 14.7. The first kappa shape index (κ1) is 21.6. The van der Waals surface area contributed by atoms with Crippen molar-refractivity contribution in [3.05, 3.63) is 64.9 Å². The lowest BCUT2D eigenvalue weighted by atomic mass is 10.1. The van der Waals surface area contributed by atoms with Crippen molar-refractivity contribution in [2.24, 2.45) is 0 Å². The zero-order valence-electron chi connectivity index (χ0n) is 16.9. The van der Waals surface area contributed by atoms with Crippen LogP contribution in [0.25, 0.3) is 21.5 Å². The highest BCUT2D eigenvalue weighted by molar-refractivity contribution is 7.17. The van der Waals surface area contributed by atoms with E-state index in [2.05, 4.69) is 20.3 Å². The second-order valence-corrected chi connectivity index (χ2v) is 7.78. The summed E-state index contributed by atoms with van der Waals surface area (Å²) in [5.74, 6) is -1.62. The largest absolute Gasteiger partial charge is 0.492 e. The topological polar surface area (TPSA) is 97.2 Å². The number of aromatic nitrogens is 3. The number of nitrogens with zero attached hydrogens (tertiary/aromatic N) is 3. The molecule has 0 unspecified atom stereocenters. The molecule has 1 aromatic carbocycles. The van der Waals surface area contributed by atoms with Crippen LogP contribution in [0.15, 0.2) is 42.9 Å². The number of pyridine rings is 1. The van der Waals surface area contributed by atoms with Crippen LogP contribution in [0.1, 0.15) is 22.2 Å². The number of carboxylic acids is 1. The van der Waals surface area contributed by atoms with Gasteiger partial charge in [0.25, 0.3) is 0 Å². The molecule has 32 heavy (non-hydrogen) atoms. The molecule has 0 saturated heterocycles. The van der Waals surface area contributed by atoms with Crippen LogP contribution < -0.4 is 10.1 Å². The van der Waals surface area contributed by atoms with Crippen LogP contribution in [0.5, 0.6) is 5.75 Å². The Morgan fingerprint density at radius 2 is 2.06 bits per heavy atom. The van der Waals surface area contributed by atoms with E-state index in [9.17, 15) is 18.7 Å². The molecule has 4 aromatic rings. The van der Waals surface area contributed by atoms with Crippen molar-refractivity contribution in [1.82, 2.24) is 15.0 Å². The molecule has 4 rings (SSSR count). The fraction of sp³-hybridized carbons (Fsp3) is 0.182. The molecule has 0 bridgehead atoms. The number of fused-ring (bicyclic) bond motifs is 1. The highest BCUT2D eigenvalue weighted by Crippen LogP contribution is 2.36. The molecule has 7 nitrogen and oxygen atoms in total. The van der Waals surface area contributed by atoms with E-state index in [0.29, 0.717) is 23.0 Å². The molecular weight excluding hydrogens is 438 g/mol. The molecule has 0 aliphatic heterocycles. The Labute approximate surface area is 185 Å². The summed E-state index contributed by atoms with van der Waals surface area (Å²) >= 11 is 1.05. The number of rotatable bonds is 8. The zero-order chi connectivity index (χ0) is 22.7. The lowest BCUT2D eigenvalue weighted by molar-refractivity contribution is 0.0698. The summed E-state index contributed by atoms with van der Waals surface area (Å²) < 4.78 is 34.5. The number of carboxylic acid groups (broad SMARTS) is 1. The Morgan fingerprint density at radius 1 is 1.22 bits per heavy atom. The van der Waals surface area contributed by atoms with E-state index in [-0.39, 0.29) is 40.1 Å².